The number of halogens is 1. The molecule has 4 rings (SSSR count). The van der Waals surface area contributed by atoms with Crippen LogP contribution in [0.15, 0.2) is 47.4 Å². The fourth-order valence-electron chi connectivity index (χ4n) is 3.44. The Balaban J connectivity index is 1.52. The molecule has 152 valence electrons. The Morgan fingerprint density at radius 1 is 1.14 bits per heavy atom. The molecule has 2 aromatic carbocycles. The van der Waals surface area contributed by atoms with Crippen molar-refractivity contribution in [1.29, 1.82) is 0 Å². The number of para-hydroxylation sites is 2. The maximum absolute atomic E-state index is 12.9. The van der Waals surface area contributed by atoms with Gasteiger partial charge in [-0.1, -0.05) is 30.2 Å². The van der Waals surface area contributed by atoms with Crippen LogP contribution in [0.4, 0.5) is 0 Å². The van der Waals surface area contributed by atoms with Gasteiger partial charge in [0.2, 0.25) is 10.0 Å². The third kappa shape index (κ3) is 4.14. The van der Waals surface area contributed by atoms with E-state index in [4.69, 9.17) is 11.6 Å². The number of benzene rings is 2. The molecule has 2 N–H and O–H groups in total. The normalized spacial score (nSPS) is 15.5. The lowest BCUT2D eigenvalue weighted by atomic mass is 10.2. The van der Waals surface area contributed by atoms with E-state index in [1.165, 1.54) is 22.5 Å². The van der Waals surface area contributed by atoms with Crippen molar-refractivity contribution in [3.8, 4) is 0 Å². The maximum atomic E-state index is 12.9. The van der Waals surface area contributed by atoms with Crippen LogP contribution in [-0.2, 0) is 16.6 Å². The second kappa shape index (κ2) is 8.14. The van der Waals surface area contributed by atoms with Crippen LogP contribution in [0.1, 0.15) is 35.4 Å². The Hall–Kier alpha value is -2.42. The van der Waals surface area contributed by atoms with Crippen LogP contribution in [0, 0.1) is 0 Å². The van der Waals surface area contributed by atoms with Gasteiger partial charge in [0.1, 0.15) is 5.82 Å². The molecule has 1 aromatic heterocycles. The number of carbonyl (C=O) groups is 1. The van der Waals surface area contributed by atoms with Gasteiger partial charge in [-0.3, -0.25) is 4.79 Å². The molecular weight excluding hydrogens is 412 g/mol. The standard InChI is InChI=1S/C20H21ClN4O3S/c21-16-9-8-14(29(27,28)25-10-4-1-5-11-25)12-15(16)20(26)22-13-19-23-17-6-2-3-7-18(17)24-19/h2-3,6-9,12H,1,4-5,10-11,13H2,(H,22,26)(H,23,24). The minimum absolute atomic E-state index is 0.0812. The lowest BCUT2D eigenvalue weighted by molar-refractivity contribution is 0.0950. The van der Waals surface area contributed by atoms with Gasteiger partial charge in [-0.05, 0) is 43.2 Å². The van der Waals surface area contributed by atoms with Crippen LogP contribution >= 0.6 is 11.6 Å². The van der Waals surface area contributed by atoms with Crippen molar-refractivity contribution in [3.05, 3.63) is 58.9 Å². The summed E-state index contributed by atoms with van der Waals surface area (Å²) in [6.07, 6.45) is 2.72. The summed E-state index contributed by atoms with van der Waals surface area (Å²) in [4.78, 5) is 20.3. The van der Waals surface area contributed by atoms with E-state index in [1.807, 2.05) is 24.3 Å². The number of amides is 1. The second-order valence-corrected chi connectivity index (χ2v) is 9.33. The number of aromatic nitrogens is 2. The van der Waals surface area contributed by atoms with E-state index in [9.17, 15) is 13.2 Å². The van der Waals surface area contributed by atoms with Crippen molar-refractivity contribution in [3.63, 3.8) is 0 Å². The topological polar surface area (TPSA) is 95.2 Å². The number of piperidine rings is 1. The number of rotatable bonds is 5. The second-order valence-electron chi connectivity index (χ2n) is 6.99. The highest BCUT2D eigenvalue weighted by molar-refractivity contribution is 7.89. The first-order valence-electron chi connectivity index (χ1n) is 9.47. The first-order valence-corrected chi connectivity index (χ1v) is 11.3. The van der Waals surface area contributed by atoms with Gasteiger partial charge >= 0.3 is 0 Å². The molecule has 0 aliphatic carbocycles. The quantitative estimate of drug-likeness (QED) is 0.646. The zero-order chi connectivity index (χ0) is 20.4. The molecule has 1 fully saturated rings. The van der Waals surface area contributed by atoms with Crippen LogP contribution in [0.5, 0.6) is 0 Å². The van der Waals surface area contributed by atoms with Gasteiger partial charge in [0.25, 0.3) is 5.91 Å². The molecule has 0 atom stereocenters. The zero-order valence-electron chi connectivity index (χ0n) is 15.7. The van der Waals surface area contributed by atoms with E-state index >= 15 is 0 Å². The number of nitrogens with one attached hydrogen (secondary N) is 2. The number of H-pyrrole nitrogens is 1. The molecule has 1 aliphatic rings. The summed E-state index contributed by atoms with van der Waals surface area (Å²) in [6, 6.07) is 11.8. The third-order valence-electron chi connectivity index (χ3n) is 4.99. The van der Waals surface area contributed by atoms with E-state index in [2.05, 4.69) is 15.3 Å². The van der Waals surface area contributed by atoms with Gasteiger partial charge in [-0.2, -0.15) is 4.31 Å². The first kappa shape index (κ1) is 19.9. The van der Waals surface area contributed by atoms with Gasteiger partial charge in [0, 0.05) is 13.1 Å². The predicted octanol–water partition coefficient (Wildman–Crippen LogP) is 3.32. The molecule has 0 bridgehead atoms. The monoisotopic (exact) mass is 432 g/mol. The molecule has 29 heavy (non-hydrogen) atoms. The average Bonchev–Trinajstić information content (AvgIpc) is 3.16. The lowest BCUT2D eigenvalue weighted by Gasteiger charge is -2.26. The Morgan fingerprint density at radius 3 is 2.66 bits per heavy atom. The van der Waals surface area contributed by atoms with Crippen LogP contribution in [-0.4, -0.2) is 41.7 Å². The number of imidazole rings is 1. The van der Waals surface area contributed by atoms with Crippen LogP contribution in [0.3, 0.4) is 0 Å². The fourth-order valence-corrected chi connectivity index (χ4v) is 5.19. The highest BCUT2D eigenvalue weighted by Crippen LogP contribution is 2.25. The van der Waals surface area contributed by atoms with E-state index < -0.39 is 15.9 Å². The highest BCUT2D eigenvalue weighted by atomic mass is 35.5. The molecule has 0 radical (unpaired) electrons. The van der Waals surface area contributed by atoms with Gasteiger partial charge in [0.05, 0.1) is 33.1 Å². The van der Waals surface area contributed by atoms with E-state index in [1.54, 1.807) is 0 Å². The van der Waals surface area contributed by atoms with Crippen LogP contribution in [0.2, 0.25) is 5.02 Å². The predicted molar refractivity (Wildman–Crippen MR) is 111 cm³/mol. The molecule has 2 heterocycles. The Morgan fingerprint density at radius 2 is 1.90 bits per heavy atom. The molecule has 7 nitrogen and oxygen atoms in total. The summed E-state index contributed by atoms with van der Waals surface area (Å²) in [5.74, 6) is 0.152. The Kier molecular flexibility index (Phi) is 5.58. The molecule has 0 unspecified atom stereocenters. The molecule has 9 heteroatoms. The lowest BCUT2D eigenvalue weighted by Crippen LogP contribution is -2.35. The Bertz CT molecular complexity index is 1120. The minimum Gasteiger partial charge on any atom is -0.345 e. The number of sulfonamides is 1. The summed E-state index contributed by atoms with van der Waals surface area (Å²) in [5.41, 5.74) is 1.81. The Labute approximate surface area is 174 Å². The summed E-state index contributed by atoms with van der Waals surface area (Å²) >= 11 is 6.18. The van der Waals surface area contributed by atoms with Crippen molar-refractivity contribution in [2.24, 2.45) is 0 Å². The smallest absolute Gasteiger partial charge is 0.253 e. The average molecular weight is 433 g/mol. The summed E-state index contributed by atoms with van der Waals surface area (Å²) in [5, 5.41) is 2.95. The first-order chi connectivity index (χ1) is 13.9. The number of aromatic amines is 1. The van der Waals surface area contributed by atoms with Gasteiger partial charge in [-0.25, -0.2) is 13.4 Å². The molecule has 1 aliphatic heterocycles. The van der Waals surface area contributed by atoms with Gasteiger partial charge in [0.15, 0.2) is 0 Å². The summed E-state index contributed by atoms with van der Waals surface area (Å²) < 4.78 is 27.2. The number of nitrogens with zero attached hydrogens (tertiary/aromatic N) is 2. The molecule has 3 aromatic rings. The highest BCUT2D eigenvalue weighted by Gasteiger charge is 2.27. The number of hydrogen-bond donors (Lipinski definition) is 2. The van der Waals surface area contributed by atoms with Crippen molar-refractivity contribution in [1.82, 2.24) is 19.6 Å². The molecule has 1 saturated heterocycles. The number of carbonyl (C=O) groups excluding carboxylic acids is 1. The maximum Gasteiger partial charge on any atom is 0.253 e. The SMILES string of the molecule is O=C(NCc1nc2ccccc2[nH]1)c1cc(S(=O)(=O)N2CCCCC2)ccc1Cl. The van der Waals surface area contributed by atoms with E-state index in [0.717, 1.165) is 30.3 Å². The van der Waals surface area contributed by atoms with Crippen LogP contribution in [0.25, 0.3) is 11.0 Å². The van der Waals surface area contributed by atoms with Crippen molar-refractivity contribution in [2.45, 2.75) is 30.7 Å². The number of fused-ring (bicyclic) bond motifs is 1. The van der Waals surface area contributed by atoms with E-state index in [-0.39, 0.29) is 22.0 Å². The van der Waals surface area contributed by atoms with Crippen molar-refractivity contribution in [2.75, 3.05) is 13.1 Å². The van der Waals surface area contributed by atoms with Crippen LogP contribution < -0.4 is 5.32 Å². The van der Waals surface area contributed by atoms with E-state index in [0.29, 0.717) is 18.9 Å². The van der Waals surface area contributed by atoms with Crippen molar-refractivity contribution < 1.29 is 13.2 Å². The van der Waals surface area contributed by atoms with Gasteiger partial charge < -0.3 is 10.3 Å². The molecule has 1 amide bonds. The largest absolute Gasteiger partial charge is 0.345 e. The molecule has 0 saturated carbocycles. The van der Waals surface area contributed by atoms with Crippen molar-refractivity contribution >= 4 is 38.6 Å². The minimum atomic E-state index is -3.64. The van der Waals surface area contributed by atoms with Gasteiger partial charge in [-0.15, -0.1) is 0 Å². The summed E-state index contributed by atoms with van der Waals surface area (Å²) in [6.45, 7) is 1.17. The zero-order valence-corrected chi connectivity index (χ0v) is 17.3. The third-order valence-corrected chi connectivity index (χ3v) is 7.21. The molecular formula is C20H21ClN4O3S. The molecule has 0 spiro atoms. The fraction of sp³-hybridized carbons (Fsp3) is 0.300. The number of hydrogen-bond acceptors (Lipinski definition) is 4. The summed E-state index contributed by atoms with van der Waals surface area (Å²) in [7, 11) is -3.64.